The van der Waals surface area contributed by atoms with Gasteiger partial charge in [-0.3, -0.25) is 14.5 Å². The molecule has 2 aliphatic rings. The summed E-state index contributed by atoms with van der Waals surface area (Å²) in [7, 11) is 0. The highest BCUT2D eigenvalue weighted by Crippen LogP contribution is 2.32. The van der Waals surface area contributed by atoms with Crippen molar-refractivity contribution in [1.82, 2.24) is 15.1 Å². The first-order valence-electron chi connectivity index (χ1n) is 10.3. The molecule has 0 saturated carbocycles. The van der Waals surface area contributed by atoms with Gasteiger partial charge >= 0.3 is 6.03 Å². The van der Waals surface area contributed by atoms with Gasteiger partial charge in [0.25, 0.3) is 5.91 Å². The third kappa shape index (κ3) is 3.51. The molecule has 0 unspecified atom stereocenters. The van der Waals surface area contributed by atoms with Crippen molar-refractivity contribution in [3.63, 3.8) is 0 Å². The number of para-hydroxylation sites is 1. The second kappa shape index (κ2) is 8.18. The standard InChI is InChI=1S/C23H26N4O3/c1-2-23(18-9-5-3-6-10-18)21(29)27(22(30)24-23)17-20(28)26-15-13-25(14-16-26)19-11-7-4-8-12-19/h3-12H,2,13-17H2,1H3,(H,24,30)/t23-/m0/s1. The highest BCUT2D eigenvalue weighted by atomic mass is 16.2. The molecule has 2 heterocycles. The molecule has 1 N–H and O–H groups in total. The molecular weight excluding hydrogens is 380 g/mol. The molecule has 0 aliphatic carbocycles. The van der Waals surface area contributed by atoms with Crippen molar-refractivity contribution >= 4 is 23.5 Å². The number of nitrogens with one attached hydrogen (secondary N) is 1. The fraction of sp³-hybridized carbons (Fsp3) is 0.348. The maximum Gasteiger partial charge on any atom is 0.325 e. The van der Waals surface area contributed by atoms with Crippen LogP contribution in [-0.2, 0) is 15.1 Å². The fourth-order valence-electron chi connectivity index (χ4n) is 4.22. The second-order valence-electron chi connectivity index (χ2n) is 7.65. The summed E-state index contributed by atoms with van der Waals surface area (Å²) in [6.45, 7) is 4.20. The molecule has 156 valence electrons. The van der Waals surface area contributed by atoms with E-state index in [1.807, 2.05) is 55.5 Å². The normalized spacial score (nSPS) is 21.7. The first-order valence-corrected chi connectivity index (χ1v) is 10.3. The van der Waals surface area contributed by atoms with E-state index in [2.05, 4.69) is 22.3 Å². The monoisotopic (exact) mass is 406 g/mol. The Labute approximate surface area is 176 Å². The number of carbonyl (C=O) groups is 3. The van der Waals surface area contributed by atoms with Crippen LogP contribution >= 0.6 is 0 Å². The number of rotatable bonds is 5. The van der Waals surface area contributed by atoms with Gasteiger partial charge < -0.3 is 15.1 Å². The third-order valence-corrected chi connectivity index (χ3v) is 6.02. The first kappa shape index (κ1) is 19.9. The summed E-state index contributed by atoms with van der Waals surface area (Å²) in [5.74, 6) is -0.566. The molecular formula is C23H26N4O3. The van der Waals surface area contributed by atoms with E-state index in [1.54, 1.807) is 4.90 Å². The molecule has 7 nitrogen and oxygen atoms in total. The lowest BCUT2D eigenvalue weighted by atomic mass is 9.87. The van der Waals surface area contributed by atoms with Crippen molar-refractivity contribution in [2.24, 2.45) is 0 Å². The van der Waals surface area contributed by atoms with Crippen LogP contribution in [0.15, 0.2) is 60.7 Å². The lowest BCUT2D eigenvalue weighted by Gasteiger charge is -2.36. The SMILES string of the molecule is CC[C@@]1(c2ccccc2)NC(=O)N(CC(=O)N2CCN(c3ccccc3)CC2)C1=O. The molecule has 4 rings (SSSR count). The summed E-state index contributed by atoms with van der Waals surface area (Å²) in [5, 5.41) is 2.83. The number of hydrogen-bond donors (Lipinski definition) is 1. The van der Waals surface area contributed by atoms with Crippen LogP contribution in [0.25, 0.3) is 0 Å². The van der Waals surface area contributed by atoms with Crippen molar-refractivity contribution in [2.45, 2.75) is 18.9 Å². The Morgan fingerprint density at radius 3 is 2.13 bits per heavy atom. The Morgan fingerprint density at radius 2 is 1.53 bits per heavy atom. The van der Waals surface area contributed by atoms with Crippen LogP contribution in [0.5, 0.6) is 0 Å². The zero-order valence-corrected chi connectivity index (χ0v) is 17.1. The molecule has 7 heteroatoms. The van der Waals surface area contributed by atoms with Crippen LogP contribution in [0.2, 0.25) is 0 Å². The maximum atomic E-state index is 13.2. The van der Waals surface area contributed by atoms with Gasteiger partial charge in [0, 0.05) is 31.9 Å². The number of imide groups is 1. The lowest BCUT2D eigenvalue weighted by Crippen LogP contribution is -2.52. The van der Waals surface area contributed by atoms with E-state index in [1.165, 1.54) is 0 Å². The minimum Gasteiger partial charge on any atom is -0.368 e. The molecule has 2 aliphatic heterocycles. The Bertz CT molecular complexity index is 926. The smallest absolute Gasteiger partial charge is 0.325 e. The summed E-state index contributed by atoms with van der Waals surface area (Å²) in [6, 6.07) is 18.8. The molecule has 4 amide bonds. The number of nitrogens with zero attached hydrogens (tertiary/aromatic N) is 3. The number of carbonyl (C=O) groups excluding carboxylic acids is 3. The largest absolute Gasteiger partial charge is 0.368 e. The van der Waals surface area contributed by atoms with Gasteiger partial charge in [0.15, 0.2) is 0 Å². The molecule has 2 aromatic rings. The molecule has 30 heavy (non-hydrogen) atoms. The Hall–Kier alpha value is -3.35. The summed E-state index contributed by atoms with van der Waals surface area (Å²) in [5.41, 5.74) is 0.761. The molecule has 0 spiro atoms. The van der Waals surface area contributed by atoms with E-state index in [0.717, 1.165) is 29.2 Å². The van der Waals surface area contributed by atoms with Crippen LogP contribution in [0, 0.1) is 0 Å². The molecule has 2 fully saturated rings. The van der Waals surface area contributed by atoms with Crippen molar-refractivity contribution < 1.29 is 14.4 Å². The van der Waals surface area contributed by atoms with Crippen LogP contribution in [0.1, 0.15) is 18.9 Å². The summed E-state index contributed by atoms with van der Waals surface area (Å²) >= 11 is 0. The molecule has 0 radical (unpaired) electrons. The minimum atomic E-state index is -1.11. The predicted molar refractivity (Wildman–Crippen MR) is 114 cm³/mol. The quantitative estimate of drug-likeness (QED) is 0.773. The number of piperazine rings is 1. The molecule has 2 aromatic carbocycles. The topological polar surface area (TPSA) is 73.0 Å². The summed E-state index contributed by atoms with van der Waals surface area (Å²) in [6.07, 6.45) is 0.419. The molecule has 0 aromatic heterocycles. The molecule has 0 bridgehead atoms. The van der Waals surface area contributed by atoms with E-state index >= 15 is 0 Å². The molecule has 2 saturated heterocycles. The van der Waals surface area contributed by atoms with E-state index in [4.69, 9.17) is 0 Å². The van der Waals surface area contributed by atoms with Gasteiger partial charge in [0.1, 0.15) is 12.1 Å². The zero-order chi connectivity index (χ0) is 21.1. The second-order valence-corrected chi connectivity index (χ2v) is 7.65. The van der Waals surface area contributed by atoms with Gasteiger partial charge in [-0.2, -0.15) is 0 Å². The first-order chi connectivity index (χ1) is 14.5. The number of anilines is 1. The van der Waals surface area contributed by atoms with Gasteiger partial charge in [0.2, 0.25) is 5.91 Å². The van der Waals surface area contributed by atoms with Gasteiger partial charge in [0.05, 0.1) is 0 Å². The summed E-state index contributed by atoms with van der Waals surface area (Å²) in [4.78, 5) is 43.7. The maximum absolute atomic E-state index is 13.2. The fourth-order valence-corrected chi connectivity index (χ4v) is 4.22. The number of benzene rings is 2. The molecule has 1 atom stereocenters. The minimum absolute atomic E-state index is 0.203. The van der Waals surface area contributed by atoms with E-state index in [0.29, 0.717) is 19.5 Å². The van der Waals surface area contributed by atoms with Crippen molar-refractivity contribution in [3.8, 4) is 0 Å². The van der Waals surface area contributed by atoms with E-state index < -0.39 is 11.6 Å². The van der Waals surface area contributed by atoms with Crippen molar-refractivity contribution in [3.05, 3.63) is 66.2 Å². The number of amides is 4. The van der Waals surface area contributed by atoms with Gasteiger partial charge in [-0.15, -0.1) is 0 Å². The Kier molecular flexibility index (Phi) is 5.44. The van der Waals surface area contributed by atoms with Crippen molar-refractivity contribution in [2.75, 3.05) is 37.6 Å². The average molecular weight is 406 g/mol. The van der Waals surface area contributed by atoms with E-state index in [9.17, 15) is 14.4 Å². The van der Waals surface area contributed by atoms with Crippen LogP contribution in [-0.4, -0.2) is 60.4 Å². The van der Waals surface area contributed by atoms with Gasteiger partial charge in [-0.05, 0) is 24.1 Å². The Morgan fingerprint density at radius 1 is 0.933 bits per heavy atom. The van der Waals surface area contributed by atoms with Gasteiger partial charge in [-0.1, -0.05) is 55.5 Å². The third-order valence-electron chi connectivity index (χ3n) is 6.02. The lowest BCUT2D eigenvalue weighted by molar-refractivity contribution is -0.139. The van der Waals surface area contributed by atoms with Crippen LogP contribution < -0.4 is 10.2 Å². The van der Waals surface area contributed by atoms with Crippen LogP contribution in [0.4, 0.5) is 10.5 Å². The highest BCUT2D eigenvalue weighted by Gasteiger charge is 2.51. The van der Waals surface area contributed by atoms with E-state index in [-0.39, 0.29) is 18.4 Å². The van der Waals surface area contributed by atoms with Gasteiger partial charge in [-0.25, -0.2) is 4.79 Å². The van der Waals surface area contributed by atoms with Crippen molar-refractivity contribution in [1.29, 1.82) is 0 Å². The van der Waals surface area contributed by atoms with Crippen LogP contribution in [0.3, 0.4) is 0 Å². The Balaban J connectivity index is 1.41. The number of urea groups is 1. The number of hydrogen-bond acceptors (Lipinski definition) is 4. The summed E-state index contributed by atoms with van der Waals surface area (Å²) < 4.78 is 0. The highest BCUT2D eigenvalue weighted by molar-refractivity contribution is 6.09. The average Bonchev–Trinajstić information content (AvgIpc) is 3.05. The zero-order valence-electron chi connectivity index (χ0n) is 17.1. The predicted octanol–water partition coefficient (Wildman–Crippen LogP) is 2.19.